The van der Waals surface area contributed by atoms with Crippen LogP contribution in [0.2, 0.25) is 0 Å². The van der Waals surface area contributed by atoms with Crippen LogP contribution >= 0.6 is 0 Å². The van der Waals surface area contributed by atoms with Gasteiger partial charge in [-0.15, -0.1) is 0 Å². The van der Waals surface area contributed by atoms with Crippen molar-refractivity contribution in [3.63, 3.8) is 0 Å². The van der Waals surface area contributed by atoms with E-state index in [2.05, 4.69) is 80.7 Å². The SMILES string of the molecule is CC1C/C(=C\c2ccccc2)C(C)C1(C)CCC1CCCc2cc(NCN)ccc21. The number of aryl methyl sites for hydroxylation is 1. The third kappa shape index (κ3) is 4.21. The Morgan fingerprint density at radius 2 is 1.93 bits per heavy atom. The van der Waals surface area contributed by atoms with Crippen molar-refractivity contribution in [1.82, 2.24) is 0 Å². The number of rotatable bonds is 6. The second-order valence-electron chi connectivity index (χ2n) is 9.88. The fourth-order valence-electron chi connectivity index (χ4n) is 5.95. The molecule has 2 aromatic rings. The van der Waals surface area contributed by atoms with Crippen molar-refractivity contribution in [2.75, 3.05) is 12.0 Å². The summed E-state index contributed by atoms with van der Waals surface area (Å²) >= 11 is 0. The first kappa shape index (κ1) is 21.2. The third-order valence-corrected chi connectivity index (χ3v) is 8.28. The van der Waals surface area contributed by atoms with Gasteiger partial charge in [0.1, 0.15) is 0 Å². The second kappa shape index (κ2) is 8.98. The molecule has 1 saturated carbocycles. The first-order valence-electron chi connectivity index (χ1n) is 11.8. The van der Waals surface area contributed by atoms with Crippen molar-refractivity contribution in [3.8, 4) is 0 Å². The van der Waals surface area contributed by atoms with Crippen LogP contribution in [0.15, 0.2) is 54.1 Å². The normalized spacial score (nSPS) is 29.7. The number of nitrogens with one attached hydrogen (secondary N) is 1. The molecule has 160 valence electrons. The van der Waals surface area contributed by atoms with Gasteiger partial charge in [-0.25, -0.2) is 0 Å². The highest BCUT2D eigenvalue weighted by Crippen LogP contribution is 2.54. The van der Waals surface area contributed by atoms with Gasteiger partial charge in [0.2, 0.25) is 0 Å². The molecule has 0 aromatic heterocycles. The zero-order valence-corrected chi connectivity index (χ0v) is 19.0. The average Bonchev–Trinajstić information content (AvgIpc) is 2.97. The molecule has 0 saturated heterocycles. The number of benzene rings is 2. The fourth-order valence-corrected chi connectivity index (χ4v) is 5.95. The second-order valence-corrected chi connectivity index (χ2v) is 9.88. The summed E-state index contributed by atoms with van der Waals surface area (Å²) in [6.07, 6.45) is 10.2. The number of nitrogens with two attached hydrogens (primary N) is 1. The van der Waals surface area contributed by atoms with Gasteiger partial charge in [-0.3, -0.25) is 0 Å². The van der Waals surface area contributed by atoms with Crippen LogP contribution in [-0.4, -0.2) is 6.67 Å². The highest BCUT2D eigenvalue weighted by atomic mass is 15.0. The molecule has 0 heterocycles. The van der Waals surface area contributed by atoms with Gasteiger partial charge in [0.25, 0.3) is 0 Å². The minimum absolute atomic E-state index is 0.388. The largest absolute Gasteiger partial charge is 0.373 e. The van der Waals surface area contributed by atoms with Crippen molar-refractivity contribution < 1.29 is 0 Å². The number of hydrogen-bond acceptors (Lipinski definition) is 2. The summed E-state index contributed by atoms with van der Waals surface area (Å²) in [5.74, 6) is 2.09. The molecule has 30 heavy (non-hydrogen) atoms. The molecule has 2 heteroatoms. The molecule has 4 rings (SSSR count). The molecule has 0 aliphatic heterocycles. The smallest absolute Gasteiger partial charge is 0.0628 e. The van der Waals surface area contributed by atoms with E-state index in [1.807, 2.05) is 0 Å². The molecule has 0 amide bonds. The van der Waals surface area contributed by atoms with Crippen LogP contribution in [0.5, 0.6) is 0 Å². The zero-order chi connectivity index (χ0) is 21.1. The van der Waals surface area contributed by atoms with E-state index in [9.17, 15) is 0 Å². The Morgan fingerprint density at radius 1 is 1.13 bits per heavy atom. The molecule has 0 spiro atoms. The molecule has 4 atom stereocenters. The lowest BCUT2D eigenvalue weighted by Gasteiger charge is -2.36. The van der Waals surface area contributed by atoms with Crippen LogP contribution in [0, 0.1) is 17.3 Å². The van der Waals surface area contributed by atoms with E-state index in [-0.39, 0.29) is 0 Å². The molecule has 2 aliphatic rings. The van der Waals surface area contributed by atoms with Crippen LogP contribution in [0.1, 0.15) is 75.5 Å². The Morgan fingerprint density at radius 3 is 2.70 bits per heavy atom. The van der Waals surface area contributed by atoms with Gasteiger partial charge in [-0.1, -0.05) is 68.8 Å². The highest BCUT2D eigenvalue weighted by molar-refractivity contribution is 5.54. The molecule has 2 aliphatic carbocycles. The average molecular weight is 403 g/mol. The van der Waals surface area contributed by atoms with Gasteiger partial charge in [0.05, 0.1) is 6.67 Å². The Balaban J connectivity index is 1.48. The van der Waals surface area contributed by atoms with E-state index >= 15 is 0 Å². The van der Waals surface area contributed by atoms with Gasteiger partial charge in [0, 0.05) is 5.69 Å². The molecule has 0 radical (unpaired) electrons. The van der Waals surface area contributed by atoms with Crippen molar-refractivity contribution in [2.45, 2.75) is 65.2 Å². The van der Waals surface area contributed by atoms with E-state index in [4.69, 9.17) is 5.73 Å². The topological polar surface area (TPSA) is 38.0 Å². The molecule has 4 unspecified atom stereocenters. The maximum absolute atomic E-state index is 5.67. The number of hydrogen-bond donors (Lipinski definition) is 2. The van der Waals surface area contributed by atoms with Crippen LogP contribution in [0.4, 0.5) is 5.69 Å². The maximum Gasteiger partial charge on any atom is 0.0628 e. The van der Waals surface area contributed by atoms with Crippen LogP contribution in [0.25, 0.3) is 6.08 Å². The summed E-state index contributed by atoms with van der Waals surface area (Å²) in [6.45, 7) is 7.99. The lowest BCUT2D eigenvalue weighted by molar-refractivity contribution is 0.161. The standard InChI is InChI=1S/C28H38N2/c1-20-16-25(17-22-8-5-4-6-9-22)21(2)28(20,3)15-14-23-10-7-11-24-18-26(30-19-29)12-13-27(23)24/h4-6,8-9,12-13,17-18,20-21,23,30H,7,10-11,14-16,19,29H2,1-3H3/b25-17+. The van der Waals surface area contributed by atoms with Crippen LogP contribution in [0.3, 0.4) is 0 Å². The minimum Gasteiger partial charge on any atom is -0.373 e. The summed E-state index contributed by atoms with van der Waals surface area (Å²) < 4.78 is 0. The quantitative estimate of drug-likeness (QED) is 0.511. The monoisotopic (exact) mass is 402 g/mol. The Hall–Kier alpha value is -2.06. The first-order valence-corrected chi connectivity index (χ1v) is 11.8. The Bertz CT molecular complexity index is 885. The van der Waals surface area contributed by atoms with Gasteiger partial charge >= 0.3 is 0 Å². The van der Waals surface area contributed by atoms with Gasteiger partial charge in [-0.2, -0.15) is 0 Å². The zero-order valence-electron chi connectivity index (χ0n) is 19.0. The molecule has 1 fully saturated rings. The molecular formula is C28H38N2. The summed E-state index contributed by atoms with van der Waals surface area (Å²) in [7, 11) is 0. The van der Waals surface area contributed by atoms with Crippen molar-refractivity contribution in [1.29, 1.82) is 0 Å². The maximum atomic E-state index is 5.67. The highest BCUT2D eigenvalue weighted by Gasteiger charge is 2.44. The van der Waals surface area contributed by atoms with Gasteiger partial charge in [0.15, 0.2) is 0 Å². The Labute approximate surface area is 183 Å². The predicted molar refractivity (Wildman–Crippen MR) is 130 cm³/mol. The first-order chi connectivity index (χ1) is 14.5. The molecule has 3 N–H and O–H groups in total. The summed E-state index contributed by atoms with van der Waals surface area (Å²) in [5.41, 5.74) is 13.3. The molecule has 2 aromatic carbocycles. The summed E-state index contributed by atoms with van der Waals surface area (Å²) in [6, 6.07) is 17.8. The van der Waals surface area contributed by atoms with Gasteiger partial charge < -0.3 is 11.1 Å². The lowest BCUT2D eigenvalue weighted by atomic mass is 9.68. The van der Waals surface area contributed by atoms with E-state index < -0.39 is 0 Å². The summed E-state index contributed by atoms with van der Waals surface area (Å²) in [5, 5.41) is 3.26. The van der Waals surface area contributed by atoms with E-state index in [0.717, 1.165) is 11.6 Å². The number of anilines is 1. The minimum atomic E-state index is 0.388. The predicted octanol–water partition coefficient (Wildman–Crippen LogP) is 6.98. The van der Waals surface area contributed by atoms with Crippen molar-refractivity contribution in [2.24, 2.45) is 23.0 Å². The van der Waals surface area contributed by atoms with E-state index in [1.165, 1.54) is 49.7 Å². The molecule has 0 bridgehead atoms. The Kier molecular flexibility index (Phi) is 6.34. The number of fused-ring (bicyclic) bond motifs is 1. The molecular weight excluding hydrogens is 364 g/mol. The summed E-state index contributed by atoms with van der Waals surface area (Å²) in [4.78, 5) is 0. The lowest BCUT2D eigenvalue weighted by Crippen LogP contribution is -2.27. The van der Waals surface area contributed by atoms with Crippen LogP contribution in [-0.2, 0) is 6.42 Å². The third-order valence-electron chi connectivity index (χ3n) is 8.28. The molecule has 2 nitrogen and oxygen atoms in total. The van der Waals surface area contributed by atoms with Crippen LogP contribution < -0.4 is 11.1 Å². The van der Waals surface area contributed by atoms with Crippen molar-refractivity contribution in [3.05, 3.63) is 70.8 Å². The van der Waals surface area contributed by atoms with E-state index in [1.54, 1.807) is 11.1 Å². The van der Waals surface area contributed by atoms with Gasteiger partial charge in [-0.05, 0) is 90.5 Å². The number of allylic oxidation sites excluding steroid dienone is 1. The van der Waals surface area contributed by atoms with E-state index in [0.29, 0.717) is 23.9 Å². The fraction of sp³-hybridized carbons (Fsp3) is 0.500. The van der Waals surface area contributed by atoms with Crippen molar-refractivity contribution >= 4 is 11.8 Å².